The first-order valence-electron chi connectivity index (χ1n) is 9.92. The van der Waals surface area contributed by atoms with Crippen molar-refractivity contribution >= 4 is 11.6 Å². The van der Waals surface area contributed by atoms with E-state index in [2.05, 4.69) is 10.2 Å². The number of aliphatic hydroxyl groups excluding tert-OH is 1. The number of carbonyl (C=O) groups excluding carboxylic acids is 1. The Kier molecular flexibility index (Phi) is 7.59. The first-order chi connectivity index (χ1) is 14.4. The lowest BCUT2D eigenvalue weighted by Gasteiger charge is -2.33. The number of aliphatic hydroxyl groups is 1. The van der Waals surface area contributed by atoms with E-state index in [-0.39, 0.29) is 18.6 Å². The van der Waals surface area contributed by atoms with Crippen molar-refractivity contribution in [3.8, 4) is 11.5 Å². The van der Waals surface area contributed by atoms with Crippen LogP contribution in [0, 0.1) is 11.6 Å². The van der Waals surface area contributed by atoms with Gasteiger partial charge in [0.2, 0.25) is 5.91 Å². The van der Waals surface area contributed by atoms with E-state index in [4.69, 9.17) is 9.47 Å². The van der Waals surface area contributed by atoms with E-state index < -0.39 is 17.7 Å². The Bertz CT molecular complexity index is 857. The molecule has 0 bridgehead atoms. The Hall–Kier alpha value is -2.71. The first-order valence-corrected chi connectivity index (χ1v) is 9.92. The summed E-state index contributed by atoms with van der Waals surface area (Å²) in [5.74, 6) is -1.19. The molecule has 1 aliphatic rings. The molecule has 1 aliphatic heterocycles. The first kappa shape index (κ1) is 22.0. The molecular weight excluding hydrogens is 394 g/mol. The number of benzene rings is 2. The summed E-state index contributed by atoms with van der Waals surface area (Å²) >= 11 is 0. The molecule has 2 aromatic carbocycles. The average molecular weight is 420 g/mol. The predicted octanol–water partition coefficient (Wildman–Crippen LogP) is 3.21. The van der Waals surface area contributed by atoms with Crippen LogP contribution in [-0.2, 0) is 4.79 Å². The highest BCUT2D eigenvalue weighted by Crippen LogP contribution is 2.24. The summed E-state index contributed by atoms with van der Waals surface area (Å²) in [6, 6.07) is 10.6. The molecule has 3 rings (SSSR count). The van der Waals surface area contributed by atoms with Crippen LogP contribution in [0.25, 0.3) is 0 Å². The molecule has 0 aliphatic carbocycles. The Labute approximate surface area is 174 Å². The van der Waals surface area contributed by atoms with E-state index in [1.165, 1.54) is 13.0 Å². The summed E-state index contributed by atoms with van der Waals surface area (Å²) in [6.45, 7) is 3.40. The number of amides is 1. The Balaban J connectivity index is 1.41. The highest BCUT2D eigenvalue weighted by Gasteiger charge is 2.23. The molecule has 6 nitrogen and oxygen atoms in total. The summed E-state index contributed by atoms with van der Waals surface area (Å²) in [5, 5.41) is 13.0. The summed E-state index contributed by atoms with van der Waals surface area (Å²) in [7, 11) is 0. The molecule has 1 atom stereocenters. The van der Waals surface area contributed by atoms with Gasteiger partial charge in [-0.05, 0) is 37.1 Å². The van der Waals surface area contributed by atoms with E-state index in [9.17, 15) is 18.7 Å². The molecule has 30 heavy (non-hydrogen) atoms. The molecule has 2 N–H and O–H groups in total. The van der Waals surface area contributed by atoms with Gasteiger partial charge in [-0.1, -0.05) is 12.1 Å². The van der Waals surface area contributed by atoms with Gasteiger partial charge in [-0.25, -0.2) is 8.78 Å². The SMILES string of the molecule is CC(=O)Nc1ccccc1OCC(O)CN1CCC(Oc2ccc(F)c(F)c2)CC1. The summed E-state index contributed by atoms with van der Waals surface area (Å²) in [4.78, 5) is 13.4. The van der Waals surface area contributed by atoms with E-state index in [0.29, 0.717) is 36.8 Å². The van der Waals surface area contributed by atoms with Gasteiger partial charge in [0.25, 0.3) is 0 Å². The molecule has 1 heterocycles. The van der Waals surface area contributed by atoms with Crippen molar-refractivity contribution in [3.63, 3.8) is 0 Å². The minimum atomic E-state index is -0.923. The average Bonchev–Trinajstić information content (AvgIpc) is 2.71. The minimum Gasteiger partial charge on any atom is -0.490 e. The smallest absolute Gasteiger partial charge is 0.221 e. The second-order valence-electron chi connectivity index (χ2n) is 7.34. The van der Waals surface area contributed by atoms with Gasteiger partial charge >= 0.3 is 0 Å². The maximum Gasteiger partial charge on any atom is 0.221 e. The van der Waals surface area contributed by atoms with Gasteiger partial charge in [-0.2, -0.15) is 0 Å². The van der Waals surface area contributed by atoms with Crippen molar-refractivity contribution in [1.29, 1.82) is 0 Å². The number of nitrogens with one attached hydrogen (secondary N) is 1. The van der Waals surface area contributed by atoms with Crippen LogP contribution in [0.2, 0.25) is 0 Å². The molecule has 0 radical (unpaired) electrons. The normalized spacial score (nSPS) is 16.1. The van der Waals surface area contributed by atoms with Gasteiger partial charge < -0.3 is 24.8 Å². The molecule has 2 aromatic rings. The number of carbonyl (C=O) groups is 1. The lowest BCUT2D eigenvalue weighted by molar-refractivity contribution is -0.114. The van der Waals surface area contributed by atoms with Gasteiger partial charge in [0.15, 0.2) is 11.6 Å². The van der Waals surface area contributed by atoms with Crippen LogP contribution in [0.4, 0.5) is 14.5 Å². The molecule has 0 aromatic heterocycles. The topological polar surface area (TPSA) is 71.0 Å². The van der Waals surface area contributed by atoms with Crippen LogP contribution in [0.3, 0.4) is 0 Å². The molecule has 162 valence electrons. The number of hydrogen-bond acceptors (Lipinski definition) is 5. The monoisotopic (exact) mass is 420 g/mol. The number of ether oxygens (including phenoxy) is 2. The third-order valence-electron chi connectivity index (χ3n) is 4.83. The Morgan fingerprint density at radius 3 is 2.63 bits per heavy atom. The summed E-state index contributed by atoms with van der Waals surface area (Å²) < 4.78 is 37.7. The van der Waals surface area contributed by atoms with Crippen molar-refractivity contribution in [2.24, 2.45) is 0 Å². The van der Waals surface area contributed by atoms with Crippen molar-refractivity contribution in [2.45, 2.75) is 32.0 Å². The fraction of sp³-hybridized carbons (Fsp3) is 0.409. The maximum absolute atomic E-state index is 13.3. The highest BCUT2D eigenvalue weighted by atomic mass is 19.2. The number of piperidine rings is 1. The fourth-order valence-electron chi connectivity index (χ4n) is 3.37. The molecule has 1 amide bonds. The molecule has 0 saturated carbocycles. The molecule has 0 spiro atoms. The van der Waals surface area contributed by atoms with Gasteiger partial charge in [-0.15, -0.1) is 0 Å². The Morgan fingerprint density at radius 2 is 1.93 bits per heavy atom. The highest BCUT2D eigenvalue weighted by molar-refractivity contribution is 5.90. The lowest BCUT2D eigenvalue weighted by Crippen LogP contribution is -2.43. The standard InChI is InChI=1S/C22H26F2N2O4/c1-15(27)25-21-4-2-3-5-22(21)29-14-16(28)13-26-10-8-17(9-11-26)30-18-6-7-19(23)20(24)12-18/h2-7,12,16-17,28H,8-11,13-14H2,1H3,(H,25,27). The zero-order chi connectivity index (χ0) is 21.5. The molecule has 1 fully saturated rings. The van der Waals surface area contributed by atoms with E-state index >= 15 is 0 Å². The second-order valence-corrected chi connectivity index (χ2v) is 7.34. The van der Waals surface area contributed by atoms with E-state index in [1.807, 2.05) is 0 Å². The van der Waals surface area contributed by atoms with Crippen LogP contribution < -0.4 is 14.8 Å². The van der Waals surface area contributed by atoms with Gasteiger partial charge in [0.1, 0.15) is 30.3 Å². The number of para-hydroxylation sites is 2. The van der Waals surface area contributed by atoms with Crippen molar-refractivity contribution in [3.05, 3.63) is 54.1 Å². The van der Waals surface area contributed by atoms with Crippen LogP contribution in [0.5, 0.6) is 11.5 Å². The van der Waals surface area contributed by atoms with E-state index in [1.54, 1.807) is 24.3 Å². The zero-order valence-electron chi connectivity index (χ0n) is 16.8. The second kappa shape index (κ2) is 10.4. The molecule has 1 unspecified atom stereocenters. The van der Waals surface area contributed by atoms with Crippen molar-refractivity contribution < 1.29 is 28.2 Å². The molecular formula is C22H26F2N2O4. The minimum absolute atomic E-state index is 0.0796. The number of rotatable bonds is 8. The summed E-state index contributed by atoms with van der Waals surface area (Å²) in [5.41, 5.74) is 0.562. The van der Waals surface area contributed by atoms with E-state index in [0.717, 1.165) is 25.0 Å². The van der Waals surface area contributed by atoms with Crippen LogP contribution in [0.1, 0.15) is 19.8 Å². The quantitative estimate of drug-likeness (QED) is 0.686. The van der Waals surface area contributed by atoms with Crippen LogP contribution >= 0.6 is 0 Å². The Morgan fingerprint density at radius 1 is 1.20 bits per heavy atom. The number of nitrogens with zero attached hydrogens (tertiary/aromatic N) is 1. The third kappa shape index (κ3) is 6.40. The van der Waals surface area contributed by atoms with Gasteiger partial charge in [0.05, 0.1) is 5.69 Å². The largest absolute Gasteiger partial charge is 0.490 e. The third-order valence-corrected chi connectivity index (χ3v) is 4.83. The molecule has 1 saturated heterocycles. The number of β-amino-alcohol motifs (C(OH)–C–C–N with tert-alkyl or cyclic N) is 1. The zero-order valence-corrected chi connectivity index (χ0v) is 16.8. The number of anilines is 1. The van der Waals surface area contributed by atoms with Crippen LogP contribution in [-0.4, -0.2) is 54.4 Å². The fourth-order valence-corrected chi connectivity index (χ4v) is 3.37. The molecule has 8 heteroatoms. The van der Waals surface area contributed by atoms with Crippen LogP contribution in [0.15, 0.2) is 42.5 Å². The van der Waals surface area contributed by atoms with Crippen molar-refractivity contribution in [1.82, 2.24) is 4.90 Å². The maximum atomic E-state index is 13.3. The lowest BCUT2D eigenvalue weighted by atomic mass is 10.1. The summed E-state index contributed by atoms with van der Waals surface area (Å²) in [6.07, 6.45) is 0.665. The number of hydrogen-bond donors (Lipinski definition) is 2. The number of halogens is 2. The van der Waals surface area contributed by atoms with Crippen molar-refractivity contribution in [2.75, 3.05) is 31.6 Å². The van der Waals surface area contributed by atoms with Gasteiger partial charge in [-0.3, -0.25) is 4.79 Å². The predicted molar refractivity (Wildman–Crippen MR) is 109 cm³/mol. The van der Waals surface area contributed by atoms with Gasteiger partial charge in [0, 0.05) is 32.6 Å². The number of likely N-dealkylation sites (tertiary alicyclic amines) is 1.